The molecule has 1 saturated heterocycles. The summed E-state index contributed by atoms with van der Waals surface area (Å²) >= 11 is 8.07. The molecule has 3 atom stereocenters. The van der Waals surface area contributed by atoms with E-state index >= 15 is 0 Å². The first kappa shape index (κ1) is 26.3. The van der Waals surface area contributed by atoms with Crippen molar-refractivity contribution in [3.05, 3.63) is 113 Å². The number of thioether (sulfide) groups is 1. The third-order valence-electron chi connectivity index (χ3n) is 6.96. The van der Waals surface area contributed by atoms with E-state index < -0.39 is 33.8 Å². The van der Waals surface area contributed by atoms with Crippen LogP contribution in [0, 0.1) is 23.0 Å². The smallest absolute Gasteiger partial charge is 0.305 e. The minimum atomic E-state index is -0.905. The summed E-state index contributed by atoms with van der Waals surface area (Å²) in [4.78, 5) is 55.5. The number of fused-ring (bicyclic) bond motifs is 2. The molecule has 1 N–H and O–H groups in total. The lowest BCUT2D eigenvalue weighted by Crippen LogP contribution is -2.32. The maximum absolute atomic E-state index is 14.0. The van der Waals surface area contributed by atoms with Crippen LogP contribution in [0.2, 0.25) is 5.02 Å². The predicted octanol–water partition coefficient (Wildman–Crippen LogP) is 5.68. The molecule has 202 valence electrons. The number of carbonyl (C=O) groups is 2. The molecule has 4 aromatic rings. The zero-order valence-electron chi connectivity index (χ0n) is 20.8. The van der Waals surface area contributed by atoms with E-state index in [9.17, 15) is 24.5 Å². The molecule has 12 heteroatoms. The van der Waals surface area contributed by atoms with Crippen molar-refractivity contribution in [1.82, 2.24) is 4.98 Å². The van der Waals surface area contributed by atoms with Crippen LogP contribution in [0.4, 0.5) is 11.4 Å². The van der Waals surface area contributed by atoms with E-state index in [-0.39, 0.29) is 17.2 Å². The number of nitro groups is 1. The number of nitrogens with one attached hydrogen (secondary N) is 1. The highest BCUT2D eigenvalue weighted by Crippen LogP contribution is 2.55. The Balaban J connectivity index is 1.47. The Morgan fingerprint density at radius 3 is 2.45 bits per heavy atom. The van der Waals surface area contributed by atoms with Gasteiger partial charge in [0, 0.05) is 33.5 Å². The van der Waals surface area contributed by atoms with Crippen molar-refractivity contribution in [2.24, 2.45) is 5.92 Å². The maximum Gasteiger partial charge on any atom is 0.305 e. The van der Waals surface area contributed by atoms with Crippen molar-refractivity contribution in [2.45, 2.75) is 29.7 Å². The van der Waals surface area contributed by atoms with Crippen molar-refractivity contribution in [2.75, 3.05) is 4.90 Å². The molecule has 2 aliphatic rings. The van der Waals surface area contributed by atoms with Gasteiger partial charge in [-0.1, -0.05) is 64.5 Å². The topological polar surface area (TPSA) is 123 Å². The number of amides is 2. The molecule has 0 aliphatic carbocycles. The average molecular weight is 594 g/mol. The second-order valence-electron chi connectivity index (χ2n) is 9.49. The SMILES string of the molecule is Cc1ccc(N2C(=O)[C@H]3[C@H](c4cc([N+](=O)[O-])ccc4OCc4ccc(Cl)cc4)c4sc(=O)[nH]c4S[C@H]3C2=O)cc1. The summed E-state index contributed by atoms with van der Waals surface area (Å²) in [7, 11) is 0. The number of carbonyl (C=O) groups excluding carboxylic acids is 2. The van der Waals surface area contributed by atoms with Crippen molar-refractivity contribution in [1.29, 1.82) is 0 Å². The van der Waals surface area contributed by atoms with Gasteiger partial charge in [0.15, 0.2) is 0 Å². The van der Waals surface area contributed by atoms with E-state index in [1.54, 1.807) is 36.4 Å². The molecule has 9 nitrogen and oxygen atoms in total. The molecule has 0 saturated carbocycles. The standard InChI is InChI=1S/C28H20ClN3O6S2/c1-14-2-8-17(9-3-14)31-26(33)22-21(23-25(30-28(35)40-23)39-24(22)27(31)34)19-12-18(32(36)37)10-11-20(19)38-13-15-4-6-16(29)7-5-15/h2-12,21-22,24H,13H2,1H3,(H,30,35)/t21-,22-,24+/m0/s1. The number of benzene rings is 3. The van der Waals surface area contributed by atoms with Gasteiger partial charge < -0.3 is 9.72 Å². The second kappa shape index (κ2) is 10.2. The minimum Gasteiger partial charge on any atom is -0.489 e. The molecular formula is C28H20ClN3O6S2. The molecule has 0 bridgehead atoms. The average Bonchev–Trinajstić information content (AvgIpc) is 3.43. The van der Waals surface area contributed by atoms with E-state index in [4.69, 9.17) is 16.3 Å². The summed E-state index contributed by atoms with van der Waals surface area (Å²) in [6.45, 7) is 2.04. The number of nitrogens with zero attached hydrogens (tertiary/aromatic N) is 2. The first-order valence-corrected chi connectivity index (χ1v) is 14.3. The fourth-order valence-corrected chi connectivity index (χ4v) is 7.70. The maximum atomic E-state index is 14.0. The zero-order chi connectivity index (χ0) is 28.1. The van der Waals surface area contributed by atoms with Crippen LogP contribution < -0.4 is 14.5 Å². The summed E-state index contributed by atoms with van der Waals surface area (Å²) in [5.74, 6) is -2.24. The number of aromatic nitrogens is 1. The highest BCUT2D eigenvalue weighted by molar-refractivity contribution is 8.00. The van der Waals surface area contributed by atoms with Gasteiger partial charge in [-0.3, -0.25) is 24.5 Å². The van der Waals surface area contributed by atoms with Gasteiger partial charge in [-0.15, -0.1) is 0 Å². The molecule has 0 radical (unpaired) electrons. The highest BCUT2D eigenvalue weighted by atomic mass is 35.5. The molecule has 0 unspecified atom stereocenters. The lowest BCUT2D eigenvalue weighted by molar-refractivity contribution is -0.385. The monoisotopic (exact) mass is 593 g/mol. The van der Waals surface area contributed by atoms with E-state index in [2.05, 4.69) is 4.98 Å². The van der Waals surface area contributed by atoms with Gasteiger partial charge in [0.1, 0.15) is 17.6 Å². The Labute approximate surface area is 240 Å². The molecule has 3 aromatic carbocycles. The normalized spacial score (nSPS) is 19.9. The number of nitro benzene ring substituents is 1. The number of hydrogen-bond acceptors (Lipinski definition) is 8. The first-order chi connectivity index (χ1) is 19.2. The van der Waals surface area contributed by atoms with Crippen LogP contribution in [0.5, 0.6) is 5.75 Å². The number of rotatable bonds is 6. The van der Waals surface area contributed by atoms with Crippen LogP contribution in [0.25, 0.3) is 0 Å². The number of halogens is 1. The molecule has 0 spiro atoms. The predicted molar refractivity (Wildman–Crippen MR) is 152 cm³/mol. The number of hydrogen-bond donors (Lipinski definition) is 1. The number of H-pyrrole nitrogens is 1. The number of non-ortho nitro benzene ring substituents is 1. The van der Waals surface area contributed by atoms with E-state index in [0.717, 1.165) is 34.2 Å². The van der Waals surface area contributed by atoms with Crippen LogP contribution in [0.3, 0.4) is 0 Å². The fraction of sp³-hybridized carbons (Fsp3) is 0.179. The Morgan fingerprint density at radius 1 is 1.02 bits per heavy atom. The number of aryl methyl sites for hydroxylation is 1. The van der Waals surface area contributed by atoms with Gasteiger partial charge in [-0.25, -0.2) is 4.90 Å². The van der Waals surface area contributed by atoms with Gasteiger partial charge in [0.25, 0.3) is 5.69 Å². The van der Waals surface area contributed by atoms with Crippen molar-refractivity contribution < 1.29 is 19.2 Å². The number of thiazole rings is 1. The molecule has 2 aliphatic heterocycles. The lowest BCUT2D eigenvalue weighted by atomic mass is 9.82. The second-order valence-corrected chi connectivity index (χ2v) is 12.1. The summed E-state index contributed by atoms with van der Waals surface area (Å²) in [6.07, 6.45) is 0. The number of imide groups is 1. The summed E-state index contributed by atoms with van der Waals surface area (Å²) < 4.78 is 6.14. The molecule has 6 rings (SSSR count). The van der Waals surface area contributed by atoms with Gasteiger partial charge in [-0.05, 0) is 42.8 Å². The van der Waals surface area contributed by atoms with Gasteiger partial charge in [0.2, 0.25) is 11.8 Å². The Bertz CT molecular complexity index is 1720. The lowest BCUT2D eigenvalue weighted by Gasteiger charge is -2.30. The van der Waals surface area contributed by atoms with Crippen molar-refractivity contribution >= 4 is 57.9 Å². The van der Waals surface area contributed by atoms with Crippen molar-refractivity contribution in [3.8, 4) is 5.75 Å². The Hall–Kier alpha value is -3.93. The molecule has 2 amide bonds. The Kier molecular flexibility index (Phi) is 6.73. The molecule has 1 fully saturated rings. The largest absolute Gasteiger partial charge is 0.489 e. The third kappa shape index (κ3) is 4.59. The number of aromatic amines is 1. The van der Waals surface area contributed by atoms with Gasteiger partial charge in [-0.2, -0.15) is 0 Å². The first-order valence-electron chi connectivity index (χ1n) is 12.2. The highest BCUT2D eigenvalue weighted by Gasteiger charge is 2.57. The fourth-order valence-electron chi connectivity index (χ4n) is 5.07. The van der Waals surface area contributed by atoms with Crippen LogP contribution in [0.1, 0.15) is 27.5 Å². The molecule has 1 aromatic heterocycles. The van der Waals surface area contributed by atoms with Crippen LogP contribution in [-0.4, -0.2) is 27.0 Å². The van der Waals surface area contributed by atoms with E-state index in [0.29, 0.717) is 31.9 Å². The van der Waals surface area contributed by atoms with Crippen LogP contribution in [0.15, 0.2) is 76.6 Å². The number of ether oxygens (including phenoxy) is 1. The van der Waals surface area contributed by atoms with E-state index in [1.807, 2.05) is 19.1 Å². The van der Waals surface area contributed by atoms with Gasteiger partial charge in [0.05, 0.1) is 21.6 Å². The number of anilines is 1. The molecule has 3 heterocycles. The molecule has 40 heavy (non-hydrogen) atoms. The van der Waals surface area contributed by atoms with E-state index in [1.165, 1.54) is 23.1 Å². The van der Waals surface area contributed by atoms with Crippen LogP contribution >= 0.6 is 34.7 Å². The summed E-state index contributed by atoms with van der Waals surface area (Å²) in [5, 5.41) is 12.0. The minimum absolute atomic E-state index is 0.135. The Morgan fingerprint density at radius 2 is 1.75 bits per heavy atom. The summed E-state index contributed by atoms with van der Waals surface area (Å²) in [5.41, 5.74) is 2.41. The molecular weight excluding hydrogens is 574 g/mol. The van der Waals surface area contributed by atoms with Gasteiger partial charge >= 0.3 is 4.87 Å². The third-order valence-corrected chi connectivity index (χ3v) is 9.62. The summed E-state index contributed by atoms with van der Waals surface area (Å²) in [6, 6.07) is 18.3. The zero-order valence-corrected chi connectivity index (χ0v) is 23.2. The quantitative estimate of drug-likeness (QED) is 0.173. The van der Waals surface area contributed by atoms with Crippen LogP contribution in [-0.2, 0) is 16.2 Å². The van der Waals surface area contributed by atoms with Crippen molar-refractivity contribution in [3.63, 3.8) is 0 Å².